The molecule has 1 aliphatic heterocycles. The second kappa shape index (κ2) is 9.71. The highest BCUT2D eigenvalue weighted by Gasteiger charge is 2.16. The Bertz CT molecular complexity index is 453. The standard InChI is InChI=1S/C16H23Cl2NO3/c17-13-4-3-12(16(18)8-13)5-6-19-9-14(20)10-21-11-15-2-1-7-22-15/h3-4,8,14-15,19-20H,1-2,5-7,9-11H2/p+1/t14-,15+/m0/s1. The molecule has 1 aliphatic rings. The van der Waals surface area contributed by atoms with Crippen molar-refractivity contribution < 1.29 is 19.9 Å². The van der Waals surface area contributed by atoms with Gasteiger partial charge in [0.1, 0.15) is 12.6 Å². The van der Waals surface area contributed by atoms with Gasteiger partial charge in [-0.15, -0.1) is 0 Å². The van der Waals surface area contributed by atoms with E-state index in [1.807, 2.05) is 12.1 Å². The fourth-order valence-corrected chi connectivity index (χ4v) is 2.97. The van der Waals surface area contributed by atoms with Gasteiger partial charge in [-0.25, -0.2) is 0 Å². The minimum atomic E-state index is -0.456. The average molecular weight is 349 g/mol. The molecule has 6 heteroatoms. The van der Waals surface area contributed by atoms with Crippen molar-refractivity contribution >= 4 is 23.2 Å². The molecule has 1 aromatic rings. The predicted octanol–water partition coefficient (Wildman–Crippen LogP) is 1.66. The van der Waals surface area contributed by atoms with Crippen molar-refractivity contribution in [3.8, 4) is 0 Å². The van der Waals surface area contributed by atoms with Crippen LogP contribution in [-0.2, 0) is 15.9 Å². The van der Waals surface area contributed by atoms with Crippen LogP contribution < -0.4 is 5.32 Å². The van der Waals surface area contributed by atoms with Crippen LogP contribution in [0.3, 0.4) is 0 Å². The van der Waals surface area contributed by atoms with Crippen LogP contribution >= 0.6 is 23.2 Å². The molecule has 0 amide bonds. The van der Waals surface area contributed by atoms with Crippen molar-refractivity contribution in [1.82, 2.24) is 0 Å². The van der Waals surface area contributed by atoms with E-state index in [1.54, 1.807) is 6.07 Å². The lowest BCUT2D eigenvalue weighted by atomic mass is 10.1. The summed E-state index contributed by atoms with van der Waals surface area (Å²) in [5.74, 6) is 0. The number of hydrogen-bond donors (Lipinski definition) is 2. The first kappa shape index (κ1) is 18.0. The predicted molar refractivity (Wildman–Crippen MR) is 87.6 cm³/mol. The first-order chi connectivity index (χ1) is 10.6. The molecule has 0 saturated carbocycles. The van der Waals surface area contributed by atoms with Crippen LogP contribution in [0.2, 0.25) is 10.0 Å². The summed E-state index contributed by atoms with van der Waals surface area (Å²) < 4.78 is 11.0. The summed E-state index contributed by atoms with van der Waals surface area (Å²) in [4.78, 5) is 0. The molecular weight excluding hydrogens is 325 g/mol. The Balaban J connectivity index is 1.53. The van der Waals surface area contributed by atoms with E-state index in [0.29, 0.717) is 29.8 Å². The topological polar surface area (TPSA) is 55.3 Å². The van der Waals surface area contributed by atoms with E-state index in [4.69, 9.17) is 32.7 Å². The monoisotopic (exact) mass is 348 g/mol. The first-order valence-corrected chi connectivity index (χ1v) is 8.53. The Hall–Kier alpha value is -0.360. The summed E-state index contributed by atoms with van der Waals surface area (Å²) >= 11 is 12.0. The van der Waals surface area contributed by atoms with Crippen molar-refractivity contribution in [2.24, 2.45) is 0 Å². The summed E-state index contributed by atoms with van der Waals surface area (Å²) in [5, 5.41) is 13.3. The molecular formula is C16H24Cl2NO3+. The second-order valence-electron chi connectivity index (χ2n) is 5.63. The van der Waals surface area contributed by atoms with Crippen LogP contribution in [-0.4, -0.2) is 50.2 Å². The van der Waals surface area contributed by atoms with Gasteiger partial charge in [-0.1, -0.05) is 29.3 Å². The van der Waals surface area contributed by atoms with Gasteiger partial charge in [0.25, 0.3) is 0 Å². The molecule has 22 heavy (non-hydrogen) atoms. The SMILES string of the molecule is O[C@@H](C[NH2+]CCc1ccc(Cl)cc1Cl)COC[C@H]1CCCO1. The highest BCUT2D eigenvalue weighted by Crippen LogP contribution is 2.20. The van der Waals surface area contributed by atoms with Gasteiger partial charge in [-0.05, 0) is 30.5 Å². The lowest BCUT2D eigenvalue weighted by Crippen LogP contribution is -2.87. The Morgan fingerprint density at radius 1 is 1.41 bits per heavy atom. The van der Waals surface area contributed by atoms with Gasteiger partial charge >= 0.3 is 0 Å². The zero-order chi connectivity index (χ0) is 15.8. The van der Waals surface area contributed by atoms with Crippen LogP contribution in [0.15, 0.2) is 18.2 Å². The molecule has 0 bridgehead atoms. The van der Waals surface area contributed by atoms with Gasteiger partial charge in [0.05, 0.1) is 25.9 Å². The summed E-state index contributed by atoms with van der Waals surface area (Å²) in [6.45, 7) is 3.26. The number of aliphatic hydroxyl groups is 1. The van der Waals surface area contributed by atoms with Crippen molar-refractivity contribution in [3.63, 3.8) is 0 Å². The maximum absolute atomic E-state index is 9.87. The third kappa shape index (κ3) is 6.41. The van der Waals surface area contributed by atoms with Gasteiger partial charge < -0.3 is 19.9 Å². The number of quaternary nitrogens is 1. The Morgan fingerprint density at radius 3 is 3.00 bits per heavy atom. The lowest BCUT2D eigenvalue weighted by molar-refractivity contribution is -0.660. The van der Waals surface area contributed by atoms with Crippen molar-refractivity contribution in [2.75, 3.05) is 32.9 Å². The van der Waals surface area contributed by atoms with E-state index in [1.165, 1.54) is 0 Å². The molecule has 1 saturated heterocycles. The van der Waals surface area contributed by atoms with Crippen LogP contribution in [0, 0.1) is 0 Å². The van der Waals surface area contributed by atoms with Crippen LogP contribution in [0.25, 0.3) is 0 Å². The van der Waals surface area contributed by atoms with E-state index in [0.717, 1.165) is 38.0 Å². The van der Waals surface area contributed by atoms with E-state index < -0.39 is 6.10 Å². The maximum atomic E-state index is 9.87. The summed E-state index contributed by atoms with van der Waals surface area (Å²) in [7, 11) is 0. The number of hydrogen-bond acceptors (Lipinski definition) is 3. The largest absolute Gasteiger partial charge is 0.385 e. The molecule has 0 radical (unpaired) electrons. The lowest BCUT2D eigenvalue weighted by Gasteiger charge is -2.13. The molecule has 0 unspecified atom stereocenters. The molecule has 1 fully saturated rings. The number of benzene rings is 1. The van der Waals surface area contributed by atoms with Crippen molar-refractivity contribution in [1.29, 1.82) is 0 Å². The number of rotatable bonds is 9. The van der Waals surface area contributed by atoms with Crippen LogP contribution in [0.4, 0.5) is 0 Å². The van der Waals surface area contributed by atoms with E-state index >= 15 is 0 Å². The Labute approximate surface area is 141 Å². The summed E-state index contributed by atoms with van der Waals surface area (Å²) in [6.07, 6.45) is 2.77. The van der Waals surface area contributed by atoms with Crippen LogP contribution in [0.1, 0.15) is 18.4 Å². The molecule has 2 rings (SSSR count). The second-order valence-corrected chi connectivity index (χ2v) is 6.47. The fraction of sp³-hybridized carbons (Fsp3) is 0.625. The molecule has 4 nitrogen and oxygen atoms in total. The number of nitrogens with two attached hydrogens (primary N) is 1. The van der Waals surface area contributed by atoms with E-state index in [-0.39, 0.29) is 6.10 Å². The molecule has 1 aromatic carbocycles. The highest BCUT2D eigenvalue weighted by atomic mass is 35.5. The van der Waals surface area contributed by atoms with Gasteiger partial charge in [-0.3, -0.25) is 0 Å². The summed E-state index contributed by atoms with van der Waals surface area (Å²) in [5.41, 5.74) is 1.08. The molecule has 124 valence electrons. The quantitative estimate of drug-likeness (QED) is 0.667. The Kier molecular flexibility index (Phi) is 7.94. The fourth-order valence-electron chi connectivity index (χ4n) is 2.47. The Morgan fingerprint density at radius 2 is 2.27 bits per heavy atom. The molecule has 0 aromatic heterocycles. The van der Waals surface area contributed by atoms with E-state index in [9.17, 15) is 5.11 Å². The molecule has 0 aliphatic carbocycles. The normalized spacial score (nSPS) is 19.5. The summed E-state index contributed by atoms with van der Waals surface area (Å²) in [6, 6.07) is 5.54. The molecule has 1 heterocycles. The van der Waals surface area contributed by atoms with E-state index in [2.05, 4.69) is 5.32 Å². The third-order valence-corrected chi connectivity index (χ3v) is 4.30. The average Bonchev–Trinajstić information content (AvgIpc) is 2.99. The number of aliphatic hydroxyl groups excluding tert-OH is 1. The van der Waals surface area contributed by atoms with Gasteiger partial charge in [0, 0.05) is 23.1 Å². The minimum Gasteiger partial charge on any atom is -0.385 e. The van der Waals surface area contributed by atoms with Crippen LogP contribution in [0.5, 0.6) is 0 Å². The van der Waals surface area contributed by atoms with Gasteiger partial charge in [-0.2, -0.15) is 0 Å². The number of halogens is 2. The van der Waals surface area contributed by atoms with Crippen molar-refractivity contribution in [3.05, 3.63) is 33.8 Å². The smallest absolute Gasteiger partial charge is 0.126 e. The first-order valence-electron chi connectivity index (χ1n) is 7.78. The zero-order valence-electron chi connectivity index (χ0n) is 12.6. The molecule has 2 atom stereocenters. The van der Waals surface area contributed by atoms with Gasteiger partial charge in [0.15, 0.2) is 0 Å². The third-order valence-electron chi connectivity index (χ3n) is 3.71. The van der Waals surface area contributed by atoms with Crippen molar-refractivity contribution in [2.45, 2.75) is 31.5 Å². The number of ether oxygens (including phenoxy) is 2. The van der Waals surface area contributed by atoms with Gasteiger partial charge in [0.2, 0.25) is 0 Å². The molecule has 0 spiro atoms. The zero-order valence-corrected chi connectivity index (χ0v) is 14.2. The minimum absolute atomic E-state index is 0.211. The molecule has 3 N–H and O–H groups in total. The highest BCUT2D eigenvalue weighted by molar-refractivity contribution is 6.35. The maximum Gasteiger partial charge on any atom is 0.126 e.